The van der Waals surface area contributed by atoms with Crippen molar-refractivity contribution in [2.75, 3.05) is 6.61 Å². The topological polar surface area (TPSA) is 69.6 Å². The second-order valence-corrected chi connectivity index (χ2v) is 18.0. The number of rotatable bonds is 48. The highest BCUT2D eigenvalue weighted by molar-refractivity contribution is 5.76. The van der Waals surface area contributed by atoms with Crippen molar-refractivity contribution in [2.24, 2.45) is 0 Å². The summed E-state index contributed by atoms with van der Waals surface area (Å²) in [6.45, 7) is 4.31. The van der Waals surface area contributed by atoms with E-state index in [1.165, 1.54) is 250 Å². The highest BCUT2D eigenvalue weighted by Gasteiger charge is 2.18. The first-order valence-corrected chi connectivity index (χ1v) is 25.9. The second kappa shape index (κ2) is 48.5. The Kier molecular flexibility index (Phi) is 47.7. The molecule has 56 heavy (non-hydrogen) atoms. The van der Waals surface area contributed by atoms with Gasteiger partial charge < -0.3 is 15.5 Å². The van der Waals surface area contributed by atoms with Gasteiger partial charge in [-0.15, -0.1) is 0 Å². The predicted octanol–water partition coefficient (Wildman–Crippen LogP) is 16.6. The molecule has 0 heterocycles. The molecule has 4 heteroatoms. The van der Waals surface area contributed by atoms with Crippen LogP contribution in [-0.2, 0) is 4.79 Å². The predicted molar refractivity (Wildman–Crippen MR) is 249 cm³/mol. The number of unbranched alkanes of at least 4 members (excludes halogenated alkanes) is 41. The Bertz CT molecular complexity index is 769. The number of allylic oxidation sites excluding steroid dienone is 1. The van der Waals surface area contributed by atoms with E-state index in [2.05, 4.69) is 19.2 Å². The van der Waals surface area contributed by atoms with Crippen LogP contribution in [0.25, 0.3) is 0 Å². The van der Waals surface area contributed by atoms with E-state index in [4.69, 9.17) is 0 Å². The fourth-order valence-corrected chi connectivity index (χ4v) is 8.30. The molecule has 0 radical (unpaired) electrons. The molecule has 0 rings (SSSR count). The standard InChI is InChI=1S/C52H103NO3/c1-3-5-7-9-11-13-15-16-17-18-19-20-21-22-23-24-25-26-27-28-29-30-31-32-33-34-35-36-37-38-40-42-44-46-48-52(56)53-50(49-54)51(55)47-45-43-41-39-14-12-10-8-6-4-2/h45,47,50-51,54-55H,3-44,46,48-49H2,1-2H3,(H,53,56)/b47-45+/t50-,51+/m0/s1. The Morgan fingerprint density at radius 2 is 0.661 bits per heavy atom. The van der Waals surface area contributed by atoms with E-state index in [0.717, 1.165) is 25.7 Å². The zero-order valence-corrected chi connectivity index (χ0v) is 38.4. The van der Waals surface area contributed by atoms with Gasteiger partial charge in [-0.2, -0.15) is 0 Å². The molecule has 0 aliphatic carbocycles. The first kappa shape index (κ1) is 55.1. The number of aliphatic hydroxyl groups is 2. The SMILES string of the molecule is CCCCCCCCCC/C=C/[C@@H](O)[C@H](CO)NC(=O)CCCCCCCCCCCCCCCCCCCCCCCCCCCCCCCCCCCC. The molecule has 334 valence electrons. The lowest BCUT2D eigenvalue weighted by atomic mass is 10.0. The molecule has 0 aromatic heterocycles. The third-order valence-electron chi connectivity index (χ3n) is 12.3. The van der Waals surface area contributed by atoms with Crippen LogP contribution in [0.2, 0.25) is 0 Å². The molecule has 0 fully saturated rings. The smallest absolute Gasteiger partial charge is 0.220 e. The molecule has 3 N–H and O–H groups in total. The van der Waals surface area contributed by atoms with Crippen LogP contribution in [0.15, 0.2) is 12.2 Å². The van der Waals surface area contributed by atoms with Crippen molar-refractivity contribution in [3.05, 3.63) is 12.2 Å². The molecule has 0 bridgehead atoms. The molecular formula is C52H103NO3. The zero-order chi connectivity index (χ0) is 40.7. The summed E-state index contributed by atoms with van der Waals surface area (Å²) in [6, 6.07) is -0.615. The van der Waals surface area contributed by atoms with Gasteiger partial charge in [-0.3, -0.25) is 4.79 Å². The number of hydrogen-bond donors (Lipinski definition) is 3. The number of carbonyl (C=O) groups is 1. The van der Waals surface area contributed by atoms with Gasteiger partial charge in [0, 0.05) is 6.42 Å². The first-order valence-electron chi connectivity index (χ1n) is 25.9. The number of nitrogens with one attached hydrogen (secondary N) is 1. The maximum atomic E-state index is 12.4. The largest absolute Gasteiger partial charge is 0.394 e. The van der Waals surface area contributed by atoms with Crippen LogP contribution in [0.1, 0.15) is 296 Å². The average molecular weight is 790 g/mol. The van der Waals surface area contributed by atoms with E-state index in [1.54, 1.807) is 6.08 Å². The molecule has 0 saturated carbocycles. The lowest BCUT2D eigenvalue weighted by Gasteiger charge is -2.20. The third kappa shape index (κ3) is 44.2. The third-order valence-corrected chi connectivity index (χ3v) is 12.3. The molecular weight excluding hydrogens is 687 g/mol. The summed E-state index contributed by atoms with van der Waals surface area (Å²) in [6.07, 6.45) is 62.4. The number of hydrogen-bond acceptors (Lipinski definition) is 3. The lowest BCUT2D eigenvalue weighted by molar-refractivity contribution is -0.123. The minimum absolute atomic E-state index is 0.0598. The summed E-state index contributed by atoms with van der Waals surface area (Å²) >= 11 is 0. The summed E-state index contributed by atoms with van der Waals surface area (Å²) in [5, 5.41) is 22.9. The number of aliphatic hydroxyl groups excluding tert-OH is 2. The Morgan fingerprint density at radius 1 is 0.411 bits per heavy atom. The Morgan fingerprint density at radius 3 is 0.929 bits per heavy atom. The summed E-state index contributed by atoms with van der Waals surface area (Å²) < 4.78 is 0. The van der Waals surface area contributed by atoms with E-state index >= 15 is 0 Å². The second-order valence-electron chi connectivity index (χ2n) is 18.0. The van der Waals surface area contributed by atoms with Crippen LogP contribution < -0.4 is 5.32 Å². The monoisotopic (exact) mass is 790 g/mol. The molecule has 0 aliphatic heterocycles. The van der Waals surface area contributed by atoms with Crippen LogP contribution in [0.5, 0.6) is 0 Å². The molecule has 0 aliphatic rings. The quantitative estimate of drug-likeness (QED) is 0.0425. The normalized spacial score (nSPS) is 12.9. The molecule has 0 aromatic carbocycles. The van der Waals surface area contributed by atoms with Gasteiger partial charge in [-0.1, -0.05) is 283 Å². The molecule has 0 aromatic rings. The van der Waals surface area contributed by atoms with Crippen LogP contribution in [0, 0.1) is 0 Å². The van der Waals surface area contributed by atoms with E-state index in [0.29, 0.717) is 6.42 Å². The Balaban J connectivity index is 3.34. The van der Waals surface area contributed by atoms with Crippen molar-refractivity contribution < 1.29 is 15.0 Å². The number of carbonyl (C=O) groups excluding carboxylic acids is 1. The van der Waals surface area contributed by atoms with Gasteiger partial charge in [-0.05, 0) is 19.3 Å². The van der Waals surface area contributed by atoms with Gasteiger partial charge in [0.1, 0.15) is 0 Å². The van der Waals surface area contributed by atoms with Crippen molar-refractivity contribution in [1.82, 2.24) is 5.32 Å². The van der Waals surface area contributed by atoms with Crippen molar-refractivity contribution >= 4 is 5.91 Å². The fraction of sp³-hybridized carbons (Fsp3) is 0.942. The van der Waals surface area contributed by atoms with Crippen molar-refractivity contribution in [1.29, 1.82) is 0 Å². The van der Waals surface area contributed by atoms with Gasteiger partial charge in [-0.25, -0.2) is 0 Å². The minimum atomic E-state index is -0.832. The Labute approximate surface area is 352 Å². The van der Waals surface area contributed by atoms with Gasteiger partial charge in [0.05, 0.1) is 18.8 Å². The number of amides is 1. The fourth-order valence-electron chi connectivity index (χ4n) is 8.30. The zero-order valence-electron chi connectivity index (χ0n) is 38.4. The van der Waals surface area contributed by atoms with E-state index < -0.39 is 12.1 Å². The van der Waals surface area contributed by atoms with Gasteiger partial charge in [0.2, 0.25) is 5.91 Å². The van der Waals surface area contributed by atoms with Crippen LogP contribution in [-0.4, -0.2) is 34.9 Å². The minimum Gasteiger partial charge on any atom is -0.394 e. The summed E-state index contributed by atoms with van der Waals surface area (Å²) in [5.41, 5.74) is 0. The molecule has 4 nitrogen and oxygen atoms in total. The first-order chi connectivity index (χ1) is 27.7. The highest BCUT2D eigenvalue weighted by Crippen LogP contribution is 2.18. The van der Waals surface area contributed by atoms with E-state index in [9.17, 15) is 15.0 Å². The van der Waals surface area contributed by atoms with Gasteiger partial charge in [0.15, 0.2) is 0 Å². The molecule has 2 atom stereocenters. The maximum Gasteiger partial charge on any atom is 0.220 e. The van der Waals surface area contributed by atoms with Crippen LogP contribution in [0.4, 0.5) is 0 Å². The summed E-state index contributed by atoms with van der Waals surface area (Å²) in [5.74, 6) is -0.0598. The van der Waals surface area contributed by atoms with E-state index in [-0.39, 0.29) is 12.5 Å². The molecule has 0 unspecified atom stereocenters. The van der Waals surface area contributed by atoms with Crippen molar-refractivity contribution in [2.45, 2.75) is 309 Å². The molecule has 1 amide bonds. The summed E-state index contributed by atoms with van der Waals surface area (Å²) in [4.78, 5) is 12.4. The van der Waals surface area contributed by atoms with Crippen LogP contribution >= 0.6 is 0 Å². The maximum absolute atomic E-state index is 12.4. The lowest BCUT2D eigenvalue weighted by Crippen LogP contribution is -2.45. The summed E-state index contributed by atoms with van der Waals surface area (Å²) in [7, 11) is 0. The molecule has 0 spiro atoms. The highest BCUT2D eigenvalue weighted by atomic mass is 16.3. The van der Waals surface area contributed by atoms with Crippen molar-refractivity contribution in [3.8, 4) is 0 Å². The molecule has 0 saturated heterocycles. The van der Waals surface area contributed by atoms with E-state index in [1.807, 2.05) is 6.08 Å². The van der Waals surface area contributed by atoms with Crippen LogP contribution in [0.3, 0.4) is 0 Å². The van der Waals surface area contributed by atoms with Gasteiger partial charge >= 0.3 is 0 Å². The average Bonchev–Trinajstić information content (AvgIpc) is 3.20. The Hall–Kier alpha value is -0.870. The van der Waals surface area contributed by atoms with Gasteiger partial charge in [0.25, 0.3) is 0 Å². The van der Waals surface area contributed by atoms with Crippen molar-refractivity contribution in [3.63, 3.8) is 0 Å².